The topological polar surface area (TPSA) is 146 Å². The molecule has 0 aromatic rings. The third-order valence-electron chi connectivity index (χ3n) is 1.59. The molecule has 0 amide bonds. The van der Waals surface area contributed by atoms with Gasteiger partial charge in [-0.05, 0) is 0 Å². The lowest BCUT2D eigenvalue weighted by atomic mass is 10.2. The molecule has 0 aliphatic carbocycles. The number of hydrogen-bond acceptors (Lipinski definition) is 10. The predicted molar refractivity (Wildman–Crippen MR) is 36.9 cm³/mol. The molecule has 0 radical (unpaired) electrons. The van der Waals surface area contributed by atoms with Gasteiger partial charge in [-0.3, -0.25) is 0 Å². The molecule has 2 saturated heterocycles. The Balaban J connectivity index is 2.24. The van der Waals surface area contributed by atoms with Gasteiger partial charge < -0.3 is 10.2 Å². The van der Waals surface area contributed by atoms with Crippen LogP contribution in [0.1, 0.15) is 0 Å². The summed E-state index contributed by atoms with van der Waals surface area (Å²) in [6.45, 7) is -1.20. The minimum atomic E-state index is -4.41. The van der Waals surface area contributed by atoms with Gasteiger partial charge in [0.2, 0.25) is 0 Å². The molecule has 15 heavy (non-hydrogen) atoms. The molecule has 0 spiro atoms. The van der Waals surface area contributed by atoms with Crippen molar-refractivity contribution in [2.75, 3.05) is 6.61 Å². The monoisotopic (exact) mass is 264 g/mol. The second kappa shape index (κ2) is 2.67. The molecule has 0 saturated carbocycles. The van der Waals surface area contributed by atoms with E-state index in [2.05, 4.69) is 16.7 Å². The van der Waals surface area contributed by atoms with Gasteiger partial charge in [-0.1, -0.05) is 0 Å². The summed E-state index contributed by atoms with van der Waals surface area (Å²) in [7, 11) is -8.78. The summed E-state index contributed by atoms with van der Waals surface area (Å²) in [6.07, 6.45) is 0. The van der Waals surface area contributed by atoms with Crippen LogP contribution in [0.5, 0.6) is 0 Å². The van der Waals surface area contributed by atoms with E-state index in [9.17, 15) is 21.9 Å². The van der Waals surface area contributed by atoms with Gasteiger partial charge in [0.15, 0.2) is 0 Å². The van der Waals surface area contributed by atoms with Crippen LogP contribution < -0.4 is 0 Å². The minimum Gasteiger partial charge on any atom is -0.390 e. The third-order valence-corrected chi connectivity index (χ3v) is 3.40. The van der Waals surface area contributed by atoms with Gasteiger partial charge >= 0.3 is 32.6 Å². The lowest BCUT2D eigenvalue weighted by Crippen LogP contribution is -2.74. The summed E-state index contributed by atoms with van der Waals surface area (Å²) in [5, 5.41) is 18.0. The average Bonchev–Trinajstić information content (AvgIpc) is 1.94. The molecule has 0 atom stereocenters. The smallest absolute Gasteiger partial charge is 0.390 e. The highest BCUT2D eigenvalue weighted by molar-refractivity contribution is 7.83. The van der Waals surface area contributed by atoms with Crippen molar-refractivity contribution in [1.29, 1.82) is 0 Å². The first-order valence-electron chi connectivity index (χ1n) is 3.29. The first kappa shape index (κ1) is 11.2. The second-order valence-corrected chi connectivity index (χ2v) is 4.94. The summed E-state index contributed by atoms with van der Waals surface area (Å²) >= 11 is 0. The standard InChI is InChI=1S/C3H4O10S2/c4-1-2(10-14(6,7)11-2)3(5)12-15(8,9)13-3/h4-5H,1H2. The lowest BCUT2D eigenvalue weighted by molar-refractivity contribution is -0.461. The Labute approximate surface area is 83.6 Å². The van der Waals surface area contributed by atoms with Gasteiger partial charge in [0, 0.05) is 0 Å². The molecular formula is C3H4O10S2. The zero-order valence-corrected chi connectivity index (χ0v) is 8.32. The van der Waals surface area contributed by atoms with Crippen LogP contribution in [0.4, 0.5) is 0 Å². The highest BCUT2D eigenvalue weighted by Gasteiger charge is 2.76. The summed E-state index contributed by atoms with van der Waals surface area (Å²) in [5.41, 5.74) is 0. The average molecular weight is 264 g/mol. The minimum absolute atomic E-state index is 1.20. The molecule has 2 N–H and O–H groups in total. The summed E-state index contributed by atoms with van der Waals surface area (Å²) < 4.78 is 57.5. The highest BCUT2D eigenvalue weighted by atomic mass is 32.3. The quantitative estimate of drug-likeness (QED) is 0.525. The third kappa shape index (κ3) is 1.46. The summed E-state index contributed by atoms with van der Waals surface area (Å²) in [5.74, 6) is -5.62. The molecule has 2 heterocycles. The van der Waals surface area contributed by atoms with Gasteiger partial charge in [-0.2, -0.15) is 25.2 Å². The molecule has 0 aromatic heterocycles. The van der Waals surface area contributed by atoms with E-state index in [-0.39, 0.29) is 0 Å². The van der Waals surface area contributed by atoms with Gasteiger partial charge in [-0.25, -0.2) is 8.37 Å². The Bertz CT molecular complexity index is 461. The Hall–Kier alpha value is -0.340. The van der Waals surface area contributed by atoms with Gasteiger partial charge in [0.25, 0.3) is 0 Å². The molecule has 0 bridgehead atoms. The number of rotatable bonds is 2. The molecule has 0 unspecified atom stereocenters. The molecule has 2 aliphatic rings. The SMILES string of the molecule is O=S1(=O)OC(O)(C2(CO)OS(=O)(=O)O2)O1. The lowest BCUT2D eigenvalue weighted by Gasteiger charge is -2.48. The second-order valence-electron chi connectivity index (χ2n) is 2.64. The number of hydrogen-bond donors (Lipinski definition) is 2. The Morgan fingerprint density at radius 3 is 1.60 bits per heavy atom. The molecule has 2 rings (SSSR count). The van der Waals surface area contributed by atoms with Crippen molar-refractivity contribution in [2.24, 2.45) is 0 Å². The fourth-order valence-electron chi connectivity index (χ4n) is 1.00. The van der Waals surface area contributed by atoms with E-state index in [1.165, 1.54) is 0 Å². The predicted octanol–water partition coefficient (Wildman–Crippen LogP) is -3.10. The molecule has 12 heteroatoms. The molecular weight excluding hydrogens is 260 g/mol. The maximum atomic E-state index is 10.5. The van der Waals surface area contributed by atoms with E-state index in [1.54, 1.807) is 0 Å². The van der Waals surface area contributed by atoms with E-state index in [0.717, 1.165) is 0 Å². The number of aliphatic hydroxyl groups is 2. The van der Waals surface area contributed by atoms with Crippen molar-refractivity contribution in [2.45, 2.75) is 11.8 Å². The van der Waals surface area contributed by atoms with Crippen LogP contribution in [-0.2, 0) is 37.5 Å². The first-order chi connectivity index (χ1) is 6.64. The van der Waals surface area contributed by atoms with Crippen molar-refractivity contribution >= 4 is 20.8 Å². The fourth-order valence-corrected chi connectivity index (χ4v) is 2.81. The van der Waals surface area contributed by atoms with E-state index < -0.39 is 39.2 Å². The van der Waals surface area contributed by atoms with Gasteiger partial charge in [0.05, 0.1) is 0 Å². The normalized spacial score (nSPS) is 33.7. The van der Waals surface area contributed by atoms with Crippen LogP contribution in [-0.4, -0.2) is 45.4 Å². The van der Waals surface area contributed by atoms with Crippen LogP contribution in [0.2, 0.25) is 0 Å². The summed E-state index contributed by atoms with van der Waals surface area (Å²) in [4.78, 5) is 0. The Morgan fingerprint density at radius 1 is 0.933 bits per heavy atom. The largest absolute Gasteiger partial charge is 0.409 e. The van der Waals surface area contributed by atoms with Crippen LogP contribution in [0.3, 0.4) is 0 Å². The van der Waals surface area contributed by atoms with Crippen molar-refractivity contribution in [3.05, 3.63) is 0 Å². The van der Waals surface area contributed by atoms with E-state index in [4.69, 9.17) is 5.11 Å². The fraction of sp³-hybridized carbons (Fsp3) is 1.00. The van der Waals surface area contributed by atoms with Crippen molar-refractivity contribution in [3.8, 4) is 0 Å². The zero-order chi connectivity index (χ0) is 11.5. The van der Waals surface area contributed by atoms with Crippen LogP contribution in [0.25, 0.3) is 0 Å². The van der Waals surface area contributed by atoms with Crippen LogP contribution in [0, 0.1) is 0 Å². The van der Waals surface area contributed by atoms with Crippen LogP contribution >= 0.6 is 0 Å². The van der Waals surface area contributed by atoms with Crippen LogP contribution in [0.15, 0.2) is 0 Å². The molecule has 2 fully saturated rings. The Kier molecular flexibility index (Phi) is 1.98. The van der Waals surface area contributed by atoms with Gasteiger partial charge in [-0.15, -0.1) is 0 Å². The zero-order valence-electron chi connectivity index (χ0n) is 6.68. The first-order valence-corrected chi connectivity index (χ1v) is 5.96. The van der Waals surface area contributed by atoms with Crippen molar-refractivity contribution in [3.63, 3.8) is 0 Å². The number of aliphatic hydroxyl groups excluding tert-OH is 1. The molecule has 10 nitrogen and oxygen atoms in total. The molecule has 88 valence electrons. The van der Waals surface area contributed by atoms with Crippen molar-refractivity contribution < 1.29 is 43.8 Å². The van der Waals surface area contributed by atoms with Crippen molar-refractivity contribution in [1.82, 2.24) is 0 Å². The summed E-state index contributed by atoms with van der Waals surface area (Å²) in [6, 6.07) is 0. The van der Waals surface area contributed by atoms with E-state index in [1.807, 2.05) is 0 Å². The maximum absolute atomic E-state index is 10.5. The van der Waals surface area contributed by atoms with E-state index in [0.29, 0.717) is 0 Å². The Morgan fingerprint density at radius 2 is 1.33 bits per heavy atom. The molecule has 2 aliphatic heterocycles. The molecule has 0 aromatic carbocycles. The van der Waals surface area contributed by atoms with E-state index >= 15 is 0 Å². The van der Waals surface area contributed by atoms with Gasteiger partial charge in [0.1, 0.15) is 6.61 Å². The maximum Gasteiger partial charge on any atom is 0.409 e. The highest BCUT2D eigenvalue weighted by Crippen LogP contribution is 2.47.